The molecule has 0 aliphatic rings. The molecule has 0 aliphatic carbocycles. The van der Waals surface area contributed by atoms with E-state index >= 15 is 0 Å². The van der Waals surface area contributed by atoms with Crippen LogP contribution in [0.5, 0.6) is 0 Å². The summed E-state index contributed by atoms with van der Waals surface area (Å²) in [6.07, 6.45) is 0. The molecule has 1 aromatic heterocycles. The first-order chi connectivity index (χ1) is 8.79. The molecule has 2 aromatic carbocycles. The van der Waals surface area contributed by atoms with Gasteiger partial charge in [-0.2, -0.15) is 11.3 Å². The van der Waals surface area contributed by atoms with Crippen molar-refractivity contribution in [2.24, 2.45) is 0 Å². The molecule has 0 saturated heterocycles. The molecular weight excluding hydrogens is 264 g/mol. The fraction of sp³-hybridized carbons (Fsp3) is 0. The van der Waals surface area contributed by atoms with Gasteiger partial charge in [0.15, 0.2) is 0 Å². The van der Waals surface area contributed by atoms with Crippen LogP contribution in [-0.2, 0) is 11.1 Å². The molecule has 92 valence electrons. The lowest BCUT2D eigenvalue weighted by molar-refractivity contribution is 0.538. The van der Waals surface area contributed by atoms with Gasteiger partial charge in [0, 0.05) is 4.90 Å². The number of thiophene rings is 1. The summed E-state index contributed by atoms with van der Waals surface area (Å²) in [4.78, 5) is 0.359. The van der Waals surface area contributed by atoms with E-state index in [1.807, 2.05) is 47.2 Å². The lowest BCUT2D eigenvalue weighted by Gasteiger charge is -2.08. The summed E-state index contributed by atoms with van der Waals surface area (Å²) in [5.74, 6) is 0. The highest BCUT2D eigenvalue weighted by atomic mass is 32.2. The van der Waals surface area contributed by atoms with Crippen LogP contribution in [0.3, 0.4) is 0 Å². The molecule has 1 atom stereocenters. The minimum atomic E-state index is -2.15. The van der Waals surface area contributed by atoms with Crippen molar-refractivity contribution in [1.29, 1.82) is 0 Å². The highest BCUT2D eigenvalue weighted by molar-refractivity contribution is 7.79. The Morgan fingerprint density at radius 2 is 1.56 bits per heavy atom. The van der Waals surface area contributed by atoms with E-state index in [-0.39, 0.29) is 0 Å². The summed E-state index contributed by atoms with van der Waals surface area (Å²) >= 11 is -0.441. The third-order valence-electron chi connectivity index (χ3n) is 2.35. The van der Waals surface area contributed by atoms with Crippen molar-refractivity contribution in [1.82, 2.24) is 0 Å². The fourth-order valence-corrected chi connectivity index (χ4v) is 2.58. The smallest absolute Gasteiger partial charge is 0.0327 e. The molecule has 0 fully saturated rings. The Hall–Kier alpha value is -1.49. The van der Waals surface area contributed by atoms with Crippen molar-refractivity contribution in [2.75, 3.05) is 0 Å². The van der Waals surface area contributed by atoms with Crippen molar-refractivity contribution in [3.63, 3.8) is 0 Å². The van der Waals surface area contributed by atoms with E-state index in [0.717, 1.165) is 10.8 Å². The molecule has 0 N–H and O–H groups in total. The second kappa shape index (κ2) is 6.44. The van der Waals surface area contributed by atoms with Crippen LogP contribution in [0.1, 0.15) is 0 Å². The third kappa shape index (κ3) is 3.26. The van der Waals surface area contributed by atoms with Gasteiger partial charge >= 0.3 is 0 Å². The highest BCUT2D eigenvalue weighted by Crippen LogP contribution is 2.20. The first kappa shape index (κ1) is 13.0. The van der Waals surface area contributed by atoms with Gasteiger partial charge in [0.25, 0.3) is 0 Å². The van der Waals surface area contributed by atoms with E-state index < -0.39 is 11.1 Å². The van der Waals surface area contributed by atoms with Gasteiger partial charge in [0.1, 0.15) is 0 Å². The van der Waals surface area contributed by atoms with E-state index in [2.05, 4.69) is 0 Å². The molecule has 2 nitrogen and oxygen atoms in total. The number of benzene rings is 2. The molecule has 3 aromatic rings. The van der Waals surface area contributed by atoms with Crippen molar-refractivity contribution >= 4 is 33.2 Å². The molecule has 0 aliphatic heterocycles. The maximum Gasteiger partial charge on any atom is 0.0327 e. The van der Waals surface area contributed by atoms with E-state index in [1.165, 1.54) is 0 Å². The summed E-state index contributed by atoms with van der Waals surface area (Å²) in [7, 11) is 0. The maximum absolute atomic E-state index is 10.8. The Labute approximate surface area is 112 Å². The number of fused-ring (bicyclic) bond motifs is 1. The first-order valence-corrected chi connectivity index (χ1v) is 7.35. The second-order valence-electron chi connectivity index (χ2n) is 3.51. The molecule has 4 heteroatoms. The SMILES string of the molecule is O=S([O-])c1cccc2ccccc12.c1ccsc1. The largest absolute Gasteiger partial charge is 0.768 e. The molecule has 0 spiro atoms. The van der Waals surface area contributed by atoms with Crippen LogP contribution >= 0.6 is 11.3 Å². The van der Waals surface area contributed by atoms with Gasteiger partial charge in [0.2, 0.25) is 0 Å². The van der Waals surface area contributed by atoms with Crippen LogP contribution in [0.4, 0.5) is 0 Å². The van der Waals surface area contributed by atoms with Crippen LogP contribution in [0, 0.1) is 0 Å². The van der Waals surface area contributed by atoms with Crippen LogP contribution in [-0.4, -0.2) is 8.76 Å². The molecule has 0 radical (unpaired) electrons. The zero-order valence-corrected chi connectivity index (χ0v) is 11.1. The van der Waals surface area contributed by atoms with E-state index in [0.29, 0.717) is 4.90 Å². The standard InChI is InChI=1S/C10H8O2S.C4H4S/c11-13(12)10-7-3-5-8-4-1-2-6-9(8)10;1-2-4-5-3-1/h1-7H,(H,11,12);1-4H/p-1. The van der Waals surface area contributed by atoms with E-state index in [1.54, 1.807) is 29.5 Å². The Balaban J connectivity index is 0.000000202. The number of hydrogen-bond acceptors (Lipinski definition) is 3. The predicted molar refractivity (Wildman–Crippen MR) is 75.5 cm³/mol. The van der Waals surface area contributed by atoms with E-state index in [9.17, 15) is 8.76 Å². The monoisotopic (exact) mass is 275 g/mol. The molecule has 1 unspecified atom stereocenters. The lowest BCUT2D eigenvalue weighted by Crippen LogP contribution is -1.89. The zero-order valence-electron chi connectivity index (χ0n) is 9.48. The molecule has 0 amide bonds. The number of hydrogen-bond donors (Lipinski definition) is 0. The number of rotatable bonds is 1. The minimum Gasteiger partial charge on any atom is -0.768 e. The van der Waals surface area contributed by atoms with Crippen LogP contribution in [0.25, 0.3) is 10.8 Å². The molecule has 18 heavy (non-hydrogen) atoms. The normalized spacial score (nSPS) is 11.6. The van der Waals surface area contributed by atoms with Crippen molar-refractivity contribution < 1.29 is 8.76 Å². The summed E-state index contributed by atoms with van der Waals surface area (Å²) in [5.41, 5.74) is 0. The summed E-state index contributed by atoms with van der Waals surface area (Å²) in [6.45, 7) is 0. The summed E-state index contributed by atoms with van der Waals surface area (Å²) in [5, 5.41) is 5.81. The zero-order chi connectivity index (χ0) is 12.8. The Bertz CT molecular complexity index is 611. The maximum atomic E-state index is 10.8. The summed E-state index contributed by atoms with van der Waals surface area (Å²) in [6, 6.07) is 16.7. The fourth-order valence-electron chi connectivity index (χ4n) is 1.57. The molecule has 1 heterocycles. The average molecular weight is 275 g/mol. The van der Waals surface area contributed by atoms with Gasteiger partial charge in [-0.15, -0.1) is 0 Å². The van der Waals surface area contributed by atoms with Crippen LogP contribution in [0.2, 0.25) is 0 Å². The van der Waals surface area contributed by atoms with Crippen molar-refractivity contribution in [2.45, 2.75) is 4.90 Å². The lowest BCUT2D eigenvalue weighted by atomic mass is 10.1. The second-order valence-corrected chi connectivity index (χ2v) is 5.23. The molecular formula is C14H11O2S2-. The molecule has 0 bridgehead atoms. The first-order valence-electron chi connectivity index (χ1n) is 5.33. The minimum absolute atomic E-state index is 0.359. The molecule has 0 saturated carbocycles. The van der Waals surface area contributed by atoms with Gasteiger partial charge in [-0.05, 0) is 38.7 Å². The quantitative estimate of drug-likeness (QED) is 0.633. The van der Waals surface area contributed by atoms with Gasteiger partial charge in [-0.3, -0.25) is 4.21 Å². The van der Waals surface area contributed by atoms with Crippen LogP contribution < -0.4 is 0 Å². The Morgan fingerprint density at radius 3 is 2.17 bits per heavy atom. The Morgan fingerprint density at radius 1 is 0.889 bits per heavy atom. The average Bonchev–Trinajstić information content (AvgIpc) is 2.97. The topological polar surface area (TPSA) is 40.1 Å². The Kier molecular flexibility index (Phi) is 4.64. The third-order valence-corrected chi connectivity index (χ3v) is 3.70. The summed E-state index contributed by atoms with van der Waals surface area (Å²) < 4.78 is 21.6. The van der Waals surface area contributed by atoms with Crippen molar-refractivity contribution in [3.05, 3.63) is 65.4 Å². The highest BCUT2D eigenvalue weighted by Gasteiger charge is 1.98. The van der Waals surface area contributed by atoms with Crippen LogP contribution in [0.15, 0.2) is 70.3 Å². The van der Waals surface area contributed by atoms with Gasteiger partial charge in [-0.1, -0.05) is 48.5 Å². The van der Waals surface area contributed by atoms with Gasteiger partial charge < -0.3 is 4.55 Å². The van der Waals surface area contributed by atoms with Gasteiger partial charge in [0.05, 0.1) is 0 Å². The predicted octanol–water partition coefficient (Wildman–Crippen LogP) is 3.83. The molecule has 3 rings (SSSR count). The van der Waals surface area contributed by atoms with E-state index in [4.69, 9.17) is 0 Å². The van der Waals surface area contributed by atoms with Crippen molar-refractivity contribution in [3.8, 4) is 0 Å². The van der Waals surface area contributed by atoms with Gasteiger partial charge in [-0.25, -0.2) is 0 Å².